The van der Waals surface area contributed by atoms with Crippen LogP contribution in [-0.4, -0.2) is 35.6 Å². The first-order valence-corrected chi connectivity index (χ1v) is 6.34. The Morgan fingerprint density at radius 1 is 1.23 bits per heavy atom. The van der Waals surface area contributed by atoms with Crippen molar-refractivity contribution in [1.29, 1.82) is 0 Å². The van der Waals surface area contributed by atoms with Crippen molar-refractivity contribution in [2.45, 2.75) is 0 Å². The van der Waals surface area contributed by atoms with Crippen LogP contribution in [-0.2, 0) is 7.05 Å². The molecule has 0 aliphatic heterocycles. The van der Waals surface area contributed by atoms with E-state index in [9.17, 15) is 9.59 Å². The lowest BCUT2D eigenvalue weighted by atomic mass is 10.2. The Balaban J connectivity index is 2.14. The van der Waals surface area contributed by atoms with Gasteiger partial charge in [0, 0.05) is 31.1 Å². The lowest BCUT2D eigenvalue weighted by Gasteiger charge is -2.07. The molecule has 0 amide bonds. The maximum Gasteiger partial charge on any atom is 0.356 e. The van der Waals surface area contributed by atoms with Crippen molar-refractivity contribution in [3.05, 3.63) is 58.9 Å². The molecule has 1 N–H and O–H groups in total. The van der Waals surface area contributed by atoms with E-state index in [-0.39, 0.29) is 5.69 Å². The van der Waals surface area contributed by atoms with Crippen LogP contribution in [0.3, 0.4) is 0 Å². The number of aromatic carboxylic acids is 1. The summed E-state index contributed by atoms with van der Waals surface area (Å²) in [5.41, 5.74) is 1.29. The minimum atomic E-state index is -1.20. The lowest BCUT2D eigenvalue weighted by Crippen LogP contribution is -2.22. The van der Waals surface area contributed by atoms with Crippen LogP contribution in [0, 0.1) is 0 Å². The van der Waals surface area contributed by atoms with Gasteiger partial charge in [0.2, 0.25) is 0 Å². The van der Waals surface area contributed by atoms with Crippen molar-refractivity contribution >= 4 is 5.97 Å². The Morgan fingerprint density at radius 3 is 2.73 bits per heavy atom. The minimum Gasteiger partial charge on any atom is -0.476 e. The number of aromatic nitrogens is 5. The van der Waals surface area contributed by atoms with E-state index in [4.69, 9.17) is 5.11 Å². The fraction of sp³-hybridized carbons (Fsp3) is 0.0714. The fourth-order valence-corrected chi connectivity index (χ4v) is 2.05. The summed E-state index contributed by atoms with van der Waals surface area (Å²) < 4.78 is 2.68. The van der Waals surface area contributed by atoms with Gasteiger partial charge in [0.25, 0.3) is 5.56 Å². The van der Waals surface area contributed by atoms with Crippen LogP contribution in [0.15, 0.2) is 47.7 Å². The normalized spacial score (nSPS) is 10.6. The summed E-state index contributed by atoms with van der Waals surface area (Å²) in [4.78, 5) is 27.0. The van der Waals surface area contributed by atoms with E-state index in [1.54, 1.807) is 30.2 Å². The van der Waals surface area contributed by atoms with Gasteiger partial charge >= 0.3 is 5.97 Å². The van der Waals surface area contributed by atoms with Gasteiger partial charge in [-0.05, 0) is 18.2 Å². The predicted octanol–water partition coefficient (Wildman–Crippen LogP) is 0.726. The van der Waals surface area contributed by atoms with E-state index in [2.05, 4.69) is 15.2 Å². The van der Waals surface area contributed by atoms with Crippen LogP contribution in [0.5, 0.6) is 0 Å². The number of hydrogen-bond acceptors (Lipinski definition) is 5. The molecule has 0 bridgehead atoms. The lowest BCUT2D eigenvalue weighted by molar-refractivity contribution is 0.0688. The van der Waals surface area contributed by atoms with Gasteiger partial charge in [-0.2, -0.15) is 14.9 Å². The van der Waals surface area contributed by atoms with Gasteiger partial charge < -0.3 is 5.11 Å². The smallest absolute Gasteiger partial charge is 0.356 e. The molecule has 22 heavy (non-hydrogen) atoms. The molecule has 0 atom stereocenters. The Hall–Kier alpha value is -3.29. The van der Waals surface area contributed by atoms with Crippen molar-refractivity contribution in [3.8, 4) is 16.9 Å². The van der Waals surface area contributed by atoms with Crippen LogP contribution in [0.25, 0.3) is 16.9 Å². The van der Waals surface area contributed by atoms with Gasteiger partial charge in [0.1, 0.15) is 0 Å². The van der Waals surface area contributed by atoms with Crippen molar-refractivity contribution in [2.24, 2.45) is 7.05 Å². The average Bonchev–Trinajstić information content (AvgIpc) is 2.94. The summed E-state index contributed by atoms with van der Waals surface area (Å²) in [7, 11) is 1.79. The second-order valence-electron chi connectivity index (χ2n) is 4.55. The zero-order chi connectivity index (χ0) is 15.7. The average molecular weight is 297 g/mol. The molecule has 0 aliphatic rings. The molecule has 8 heteroatoms. The van der Waals surface area contributed by atoms with Gasteiger partial charge in [-0.3, -0.25) is 14.5 Å². The monoisotopic (exact) mass is 297 g/mol. The summed E-state index contributed by atoms with van der Waals surface area (Å²) in [6, 6.07) is 5.83. The predicted molar refractivity (Wildman–Crippen MR) is 76.8 cm³/mol. The molecule has 0 radical (unpaired) electrons. The van der Waals surface area contributed by atoms with Crippen LogP contribution in [0.4, 0.5) is 0 Å². The number of hydrogen-bond donors (Lipinski definition) is 1. The Bertz CT molecular complexity index is 913. The summed E-state index contributed by atoms with van der Waals surface area (Å²) >= 11 is 0. The molecule has 0 saturated heterocycles. The fourth-order valence-electron chi connectivity index (χ4n) is 2.05. The van der Waals surface area contributed by atoms with Crippen LogP contribution in [0.2, 0.25) is 0 Å². The van der Waals surface area contributed by atoms with Crippen molar-refractivity contribution in [2.75, 3.05) is 0 Å². The number of carboxylic acids is 1. The number of carboxylic acid groups (broad SMARTS) is 1. The molecule has 3 heterocycles. The molecule has 3 rings (SSSR count). The minimum absolute atomic E-state index is 0.217. The second kappa shape index (κ2) is 5.24. The first-order valence-electron chi connectivity index (χ1n) is 6.34. The van der Waals surface area contributed by atoms with Crippen molar-refractivity contribution in [3.63, 3.8) is 0 Å². The Morgan fingerprint density at radius 2 is 2.05 bits per heavy atom. The molecule has 0 fully saturated rings. The summed E-state index contributed by atoms with van der Waals surface area (Å²) in [6.45, 7) is 0. The third-order valence-electron chi connectivity index (χ3n) is 3.10. The molecular weight excluding hydrogens is 286 g/mol. The van der Waals surface area contributed by atoms with Crippen molar-refractivity contribution < 1.29 is 9.90 Å². The standard InChI is InChI=1S/C14H11N5O3/c1-18-12(4-5-16-18)9-6-10(8-15-7-9)19-13(20)3-2-11(17-19)14(21)22/h2-8H,1H3,(H,21,22). The molecule has 110 valence electrons. The number of nitrogens with zero attached hydrogens (tertiary/aromatic N) is 5. The number of pyridine rings is 1. The van der Waals surface area contributed by atoms with E-state index in [0.717, 1.165) is 22.0 Å². The maximum atomic E-state index is 11.9. The molecule has 0 spiro atoms. The highest BCUT2D eigenvalue weighted by Gasteiger charge is 2.10. The van der Waals surface area contributed by atoms with E-state index in [0.29, 0.717) is 5.69 Å². The molecule has 0 unspecified atom stereocenters. The summed E-state index contributed by atoms with van der Waals surface area (Å²) in [6.07, 6.45) is 4.73. The van der Waals surface area contributed by atoms with Gasteiger partial charge in [-0.1, -0.05) is 0 Å². The molecule has 0 aromatic carbocycles. The highest BCUT2D eigenvalue weighted by molar-refractivity contribution is 5.84. The number of rotatable bonds is 3. The van der Waals surface area contributed by atoms with Crippen molar-refractivity contribution in [1.82, 2.24) is 24.5 Å². The number of carbonyl (C=O) groups is 1. The highest BCUT2D eigenvalue weighted by atomic mass is 16.4. The zero-order valence-corrected chi connectivity index (χ0v) is 11.5. The molecule has 3 aromatic heterocycles. The molecule has 3 aromatic rings. The van der Waals surface area contributed by atoms with E-state index in [1.807, 2.05) is 6.07 Å². The molecule has 8 nitrogen and oxygen atoms in total. The Kier molecular flexibility index (Phi) is 3.26. The first-order chi connectivity index (χ1) is 10.6. The van der Waals surface area contributed by atoms with Crippen LogP contribution in [0.1, 0.15) is 10.5 Å². The maximum absolute atomic E-state index is 11.9. The largest absolute Gasteiger partial charge is 0.476 e. The topological polar surface area (TPSA) is 103 Å². The summed E-state index contributed by atoms with van der Waals surface area (Å²) in [5, 5.41) is 16.9. The van der Waals surface area contributed by atoms with E-state index in [1.165, 1.54) is 12.3 Å². The van der Waals surface area contributed by atoms with Gasteiger partial charge in [0.05, 0.1) is 17.6 Å². The van der Waals surface area contributed by atoms with Gasteiger partial charge in [0.15, 0.2) is 5.69 Å². The number of aryl methyl sites for hydroxylation is 1. The molecule has 0 saturated carbocycles. The third-order valence-corrected chi connectivity index (χ3v) is 3.10. The highest BCUT2D eigenvalue weighted by Crippen LogP contribution is 2.19. The van der Waals surface area contributed by atoms with E-state index >= 15 is 0 Å². The summed E-state index contributed by atoms with van der Waals surface area (Å²) in [5.74, 6) is -1.20. The van der Waals surface area contributed by atoms with E-state index < -0.39 is 11.5 Å². The molecule has 0 aliphatic carbocycles. The van der Waals surface area contributed by atoms with Gasteiger partial charge in [-0.15, -0.1) is 0 Å². The quantitative estimate of drug-likeness (QED) is 0.764. The molecular formula is C14H11N5O3. The second-order valence-corrected chi connectivity index (χ2v) is 4.55. The zero-order valence-electron chi connectivity index (χ0n) is 11.5. The Labute approximate surface area is 124 Å². The van der Waals surface area contributed by atoms with Crippen LogP contribution < -0.4 is 5.56 Å². The first kappa shape index (κ1) is 13.7. The van der Waals surface area contributed by atoms with Crippen LogP contribution >= 0.6 is 0 Å². The third kappa shape index (κ3) is 2.37. The SMILES string of the molecule is Cn1nccc1-c1cncc(-n2nc(C(=O)O)ccc2=O)c1. The van der Waals surface area contributed by atoms with Gasteiger partial charge in [-0.25, -0.2) is 4.79 Å².